The van der Waals surface area contributed by atoms with Gasteiger partial charge in [0.05, 0.1) is 11.3 Å². The molecule has 0 aliphatic heterocycles. The second-order valence-electron chi connectivity index (χ2n) is 10.8. The van der Waals surface area contributed by atoms with Crippen molar-refractivity contribution in [3.05, 3.63) is 52.5 Å². The molecule has 36 heavy (non-hydrogen) atoms. The molecule has 1 amide bonds. The topological polar surface area (TPSA) is 80.0 Å². The number of phenolic OH excluding ortho intramolecular Hbond substituents is 1. The Morgan fingerprint density at radius 2 is 1.75 bits per heavy atom. The van der Waals surface area contributed by atoms with Crippen molar-refractivity contribution >= 4 is 39.3 Å². The molecule has 4 bridgehead atoms. The van der Waals surface area contributed by atoms with Gasteiger partial charge in [-0.2, -0.15) is 0 Å². The number of carbonyl (C=O) groups excluding carboxylic acids is 1. The van der Waals surface area contributed by atoms with E-state index in [-0.39, 0.29) is 17.4 Å². The molecule has 4 aliphatic carbocycles. The lowest BCUT2D eigenvalue weighted by Crippen LogP contribution is -2.48. The number of halogens is 1. The van der Waals surface area contributed by atoms with Crippen molar-refractivity contribution in [2.75, 3.05) is 11.1 Å². The monoisotopic (exact) mass is 566 g/mol. The maximum absolute atomic E-state index is 12.7. The first kappa shape index (κ1) is 24.0. The minimum atomic E-state index is -0.0694. The van der Waals surface area contributed by atoms with Crippen LogP contribution in [0.15, 0.2) is 52.1 Å². The molecule has 0 spiro atoms. The van der Waals surface area contributed by atoms with Gasteiger partial charge in [-0.3, -0.25) is 4.79 Å². The Hall–Kier alpha value is -2.32. The number of hydrogen-bond donors (Lipinski definition) is 2. The number of aromatic hydroxyl groups is 1. The van der Waals surface area contributed by atoms with E-state index in [2.05, 4.69) is 55.7 Å². The van der Waals surface area contributed by atoms with Gasteiger partial charge in [0.15, 0.2) is 11.0 Å². The lowest BCUT2D eigenvalue weighted by molar-refractivity contribution is -0.113. The Balaban J connectivity index is 1.10. The van der Waals surface area contributed by atoms with E-state index in [4.69, 9.17) is 0 Å². The van der Waals surface area contributed by atoms with E-state index >= 15 is 0 Å². The Labute approximate surface area is 224 Å². The van der Waals surface area contributed by atoms with Crippen LogP contribution in [-0.4, -0.2) is 31.5 Å². The summed E-state index contributed by atoms with van der Waals surface area (Å²) in [5.74, 6) is 3.66. The summed E-state index contributed by atoms with van der Waals surface area (Å²) in [6, 6.07) is 13.9. The van der Waals surface area contributed by atoms with Gasteiger partial charge in [0.2, 0.25) is 5.91 Å². The minimum absolute atomic E-state index is 0.0694. The summed E-state index contributed by atoms with van der Waals surface area (Å²) in [5.41, 5.74) is 3.28. The number of rotatable bonds is 7. The first-order chi connectivity index (χ1) is 17.4. The highest BCUT2D eigenvalue weighted by molar-refractivity contribution is 9.10. The molecule has 8 heteroatoms. The van der Waals surface area contributed by atoms with Crippen molar-refractivity contribution in [2.24, 2.45) is 17.8 Å². The van der Waals surface area contributed by atoms with Crippen molar-refractivity contribution in [3.63, 3.8) is 0 Å². The summed E-state index contributed by atoms with van der Waals surface area (Å²) in [4.78, 5) is 12.7. The van der Waals surface area contributed by atoms with Gasteiger partial charge in [0, 0.05) is 16.7 Å². The van der Waals surface area contributed by atoms with Crippen molar-refractivity contribution in [1.82, 2.24) is 14.8 Å². The van der Waals surface area contributed by atoms with Crippen LogP contribution in [0.5, 0.6) is 5.75 Å². The molecule has 4 fully saturated rings. The Kier molecular flexibility index (Phi) is 6.36. The highest BCUT2D eigenvalue weighted by Crippen LogP contribution is 2.60. The maximum Gasteiger partial charge on any atom is 0.234 e. The van der Waals surface area contributed by atoms with Crippen LogP contribution in [0.3, 0.4) is 0 Å². The Morgan fingerprint density at radius 3 is 2.39 bits per heavy atom. The van der Waals surface area contributed by atoms with Gasteiger partial charge >= 0.3 is 0 Å². The highest BCUT2D eigenvalue weighted by Gasteiger charge is 2.51. The summed E-state index contributed by atoms with van der Waals surface area (Å²) < 4.78 is 2.77. The molecule has 4 saturated carbocycles. The summed E-state index contributed by atoms with van der Waals surface area (Å²) >= 11 is 4.80. The average molecular weight is 568 g/mol. The second-order valence-corrected chi connectivity index (χ2v) is 12.7. The molecule has 3 aromatic rings. The van der Waals surface area contributed by atoms with E-state index in [0.29, 0.717) is 28.5 Å². The maximum atomic E-state index is 12.7. The first-order valence-electron chi connectivity index (χ1n) is 12.9. The van der Waals surface area contributed by atoms with E-state index in [1.54, 1.807) is 12.1 Å². The number of nitrogens with zero attached hydrogens (tertiary/aromatic N) is 3. The SMILES string of the molecule is CCn1c(SCC(=O)Nc2ccc(C34CC5CC(CC(C5)C3)C4)cc2)nnc1-c1cc(Br)ccc1O. The number of anilines is 1. The number of amides is 1. The van der Waals surface area contributed by atoms with Crippen molar-refractivity contribution in [3.8, 4) is 17.1 Å². The molecule has 7 rings (SSSR count). The van der Waals surface area contributed by atoms with Crippen LogP contribution in [0, 0.1) is 17.8 Å². The lowest BCUT2D eigenvalue weighted by atomic mass is 9.48. The van der Waals surface area contributed by atoms with Crippen LogP contribution in [0.2, 0.25) is 0 Å². The van der Waals surface area contributed by atoms with Crippen LogP contribution >= 0.6 is 27.7 Å². The molecule has 6 nitrogen and oxygen atoms in total. The van der Waals surface area contributed by atoms with E-state index in [1.165, 1.54) is 55.9 Å². The summed E-state index contributed by atoms with van der Waals surface area (Å²) in [5, 5.41) is 22.6. The van der Waals surface area contributed by atoms with Gasteiger partial charge in [-0.25, -0.2) is 0 Å². The molecule has 0 saturated heterocycles. The van der Waals surface area contributed by atoms with Gasteiger partial charge in [0.1, 0.15) is 5.75 Å². The number of benzene rings is 2. The van der Waals surface area contributed by atoms with Crippen molar-refractivity contribution < 1.29 is 9.90 Å². The van der Waals surface area contributed by atoms with E-state index < -0.39 is 0 Å². The van der Waals surface area contributed by atoms with Crippen molar-refractivity contribution in [1.29, 1.82) is 0 Å². The molecule has 1 aromatic heterocycles. The molecule has 2 N–H and O–H groups in total. The molecule has 188 valence electrons. The summed E-state index contributed by atoms with van der Waals surface area (Å²) in [6.07, 6.45) is 8.38. The quantitative estimate of drug-likeness (QED) is 0.313. The van der Waals surface area contributed by atoms with E-state index in [1.807, 2.05) is 17.6 Å². The smallest absolute Gasteiger partial charge is 0.234 e. The third kappa shape index (κ3) is 4.47. The lowest BCUT2D eigenvalue weighted by Gasteiger charge is -2.57. The zero-order chi connectivity index (χ0) is 24.9. The summed E-state index contributed by atoms with van der Waals surface area (Å²) in [6.45, 7) is 2.63. The predicted molar refractivity (Wildman–Crippen MR) is 146 cm³/mol. The van der Waals surface area contributed by atoms with E-state index in [0.717, 1.165) is 27.9 Å². The second kappa shape index (κ2) is 9.53. The van der Waals surface area contributed by atoms with E-state index in [9.17, 15) is 9.90 Å². The molecule has 0 radical (unpaired) electrons. The fraction of sp³-hybridized carbons (Fsp3) is 0.464. The van der Waals surface area contributed by atoms with Crippen LogP contribution in [0.1, 0.15) is 51.0 Å². The average Bonchev–Trinajstić information content (AvgIpc) is 3.26. The number of phenols is 1. The number of nitrogens with one attached hydrogen (secondary N) is 1. The molecule has 2 aromatic carbocycles. The largest absolute Gasteiger partial charge is 0.507 e. The van der Waals surface area contributed by atoms with Gasteiger partial charge < -0.3 is 15.0 Å². The first-order valence-corrected chi connectivity index (χ1v) is 14.7. The normalized spacial score (nSPS) is 26.3. The van der Waals surface area contributed by atoms with Crippen LogP contribution in [0.25, 0.3) is 11.4 Å². The zero-order valence-corrected chi connectivity index (χ0v) is 22.8. The third-order valence-electron chi connectivity index (χ3n) is 8.38. The highest BCUT2D eigenvalue weighted by atomic mass is 79.9. The molecular weight excluding hydrogens is 536 g/mol. The van der Waals surface area contributed by atoms with Crippen LogP contribution in [-0.2, 0) is 16.8 Å². The fourth-order valence-electron chi connectivity index (χ4n) is 7.27. The van der Waals surface area contributed by atoms with Gasteiger partial charge in [-0.1, -0.05) is 39.8 Å². The molecule has 4 aliphatic rings. The van der Waals surface area contributed by atoms with Gasteiger partial charge in [-0.05, 0) is 105 Å². The minimum Gasteiger partial charge on any atom is -0.507 e. The molecular formula is C28H31BrN4O2S. The predicted octanol–water partition coefficient (Wildman–Crippen LogP) is 6.63. The third-order valence-corrected chi connectivity index (χ3v) is 9.84. The van der Waals surface area contributed by atoms with Crippen LogP contribution < -0.4 is 5.32 Å². The number of carbonyl (C=O) groups is 1. The van der Waals surface area contributed by atoms with Crippen LogP contribution in [0.4, 0.5) is 5.69 Å². The molecule has 1 heterocycles. The molecule has 0 atom stereocenters. The number of hydrogen-bond acceptors (Lipinski definition) is 5. The summed E-state index contributed by atoms with van der Waals surface area (Å²) in [7, 11) is 0. The Morgan fingerprint density at radius 1 is 1.08 bits per heavy atom. The number of aromatic nitrogens is 3. The zero-order valence-electron chi connectivity index (χ0n) is 20.4. The van der Waals surface area contributed by atoms with Gasteiger partial charge in [0.25, 0.3) is 0 Å². The van der Waals surface area contributed by atoms with Crippen molar-refractivity contribution in [2.45, 2.75) is 62.6 Å². The molecule has 0 unspecified atom stereocenters. The Bertz CT molecular complexity index is 1250. The number of thioether (sulfide) groups is 1. The standard InChI is InChI=1S/C28H31BrN4O2S/c1-2-33-26(23-12-21(29)5-8-24(23)34)31-32-27(33)36-16-25(35)30-22-6-3-20(4-7-22)28-13-17-9-18(14-28)11-19(10-17)15-28/h3-8,12,17-19,34H,2,9-11,13-16H2,1H3,(H,30,35). The van der Waals surface area contributed by atoms with Gasteiger partial charge in [-0.15, -0.1) is 10.2 Å². The fourth-order valence-corrected chi connectivity index (χ4v) is 8.43.